The Labute approximate surface area is 202 Å². The predicted octanol–water partition coefficient (Wildman–Crippen LogP) is 4.48. The van der Waals surface area contributed by atoms with Crippen LogP contribution in [0.4, 0.5) is 5.69 Å². The molecule has 0 aliphatic carbocycles. The molecular weight excluding hydrogens is 454 g/mol. The van der Waals surface area contributed by atoms with E-state index >= 15 is 0 Å². The molecule has 0 saturated carbocycles. The molecule has 4 rings (SSSR count). The number of hydrogen-bond acceptors (Lipinski definition) is 8. The molecule has 2 heterocycles. The third-order valence-corrected chi connectivity index (χ3v) is 6.42. The van der Waals surface area contributed by atoms with Gasteiger partial charge in [-0.15, -0.1) is 0 Å². The maximum absolute atomic E-state index is 12.9. The predicted molar refractivity (Wildman–Crippen MR) is 132 cm³/mol. The summed E-state index contributed by atoms with van der Waals surface area (Å²) in [6.07, 6.45) is 0.103. The summed E-state index contributed by atoms with van der Waals surface area (Å²) in [6.45, 7) is 1.79. The van der Waals surface area contributed by atoms with Crippen LogP contribution in [0, 0.1) is 0 Å². The van der Waals surface area contributed by atoms with E-state index in [-0.39, 0.29) is 12.3 Å². The van der Waals surface area contributed by atoms with Crippen LogP contribution in [0.2, 0.25) is 0 Å². The van der Waals surface area contributed by atoms with E-state index in [0.29, 0.717) is 33.6 Å². The number of nitrogens with one attached hydrogen (secondary N) is 1. The number of amides is 1. The van der Waals surface area contributed by atoms with Crippen LogP contribution in [0.5, 0.6) is 11.5 Å². The number of benzene rings is 2. The molecular formula is C25H25N3O5S. The molecule has 1 N–H and O–H groups in total. The van der Waals surface area contributed by atoms with Crippen LogP contribution in [0.1, 0.15) is 24.9 Å². The number of rotatable bonds is 7. The standard InChI is InChI=1S/C25H25N3O5S/c1-15-22(24(30)33-4)23(16-6-5-7-20(12-16)32-3)28-18(14-34-25(28)26-15)13-21(29)27-17-8-10-19(31-2)11-9-17/h5-12,14,23H,13H2,1-4H3,(H,27,29). The van der Waals surface area contributed by atoms with Crippen LogP contribution < -0.4 is 14.8 Å². The van der Waals surface area contributed by atoms with Crippen molar-refractivity contribution in [3.8, 4) is 11.5 Å². The summed E-state index contributed by atoms with van der Waals surface area (Å²) in [5.41, 5.74) is 3.23. The summed E-state index contributed by atoms with van der Waals surface area (Å²) in [7, 11) is 4.53. The van der Waals surface area contributed by atoms with Crippen molar-refractivity contribution >= 4 is 34.5 Å². The molecule has 2 aromatic rings. The zero-order valence-corrected chi connectivity index (χ0v) is 20.1. The number of carbonyl (C=O) groups is 2. The van der Waals surface area contributed by atoms with Crippen LogP contribution in [0.25, 0.3) is 0 Å². The van der Waals surface area contributed by atoms with Gasteiger partial charge >= 0.3 is 5.97 Å². The van der Waals surface area contributed by atoms with E-state index in [1.54, 1.807) is 45.4 Å². The molecule has 176 valence electrons. The molecule has 2 aliphatic heterocycles. The van der Waals surface area contributed by atoms with Gasteiger partial charge in [-0.25, -0.2) is 9.79 Å². The molecule has 34 heavy (non-hydrogen) atoms. The van der Waals surface area contributed by atoms with Gasteiger partial charge < -0.3 is 24.4 Å². The fourth-order valence-electron chi connectivity index (χ4n) is 3.91. The van der Waals surface area contributed by atoms with E-state index in [0.717, 1.165) is 11.3 Å². The van der Waals surface area contributed by atoms with Gasteiger partial charge in [-0.05, 0) is 54.3 Å². The molecule has 0 aromatic heterocycles. The second-order valence-corrected chi connectivity index (χ2v) is 8.45. The normalized spacial score (nSPS) is 16.9. The van der Waals surface area contributed by atoms with Crippen LogP contribution in [0.3, 0.4) is 0 Å². The van der Waals surface area contributed by atoms with Crippen molar-refractivity contribution in [1.82, 2.24) is 4.90 Å². The number of amidine groups is 1. The van der Waals surface area contributed by atoms with Crippen molar-refractivity contribution in [3.05, 3.63) is 76.5 Å². The first-order valence-electron chi connectivity index (χ1n) is 10.6. The first kappa shape index (κ1) is 23.4. The number of allylic oxidation sites excluding steroid dienone is 1. The SMILES string of the molecule is COC(=O)C1=C(C)N=C2SC=C(CC(=O)Nc3ccc(OC)cc3)N2C1c1cccc(OC)c1. The lowest BCUT2D eigenvalue weighted by Gasteiger charge is -2.36. The zero-order chi connectivity index (χ0) is 24.2. The van der Waals surface area contributed by atoms with Crippen molar-refractivity contribution < 1.29 is 23.8 Å². The van der Waals surface area contributed by atoms with Gasteiger partial charge in [0.05, 0.1) is 45.1 Å². The molecule has 0 fully saturated rings. The van der Waals surface area contributed by atoms with Gasteiger partial charge in [0.2, 0.25) is 5.91 Å². The Bertz CT molecular complexity index is 1200. The maximum atomic E-state index is 12.9. The smallest absolute Gasteiger partial charge is 0.338 e. The van der Waals surface area contributed by atoms with E-state index in [1.807, 2.05) is 34.6 Å². The highest BCUT2D eigenvalue weighted by atomic mass is 32.2. The molecule has 8 nitrogen and oxygen atoms in total. The van der Waals surface area contributed by atoms with Gasteiger partial charge in [0.15, 0.2) is 5.17 Å². The van der Waals surface area contributed by atoms with Crippen molar-refractivity contribution in [2.24, 2.45) is 4.99 Å². The zero-order valence-electron chi connectivity index (χ0n) is 19.3. The highest BCUT2D eigenvalue weighted by Gasteiger charge is 2.41. The lowest BCUT2D eigenvalue weighted by Crippen LogP contribution is -2.37. The summed E-state index contributed by atoms with van der Waals surface area (Å²) < 4.78 is 15.7. The number of anilines is 1. The third-order valence-electron chi connectivity index (χ3n) is 5.53. The Morgan fingerprint density at radius 2 is 1.79 bits per heavy atom. The molecule has 0 spiro atoms. The van der Waals surface area contributed by atoms with Crippen LogP contribution in [-0.2, 0) is 14.3 Å². The fraction of sp³-hybridized carbons (Fsp3) is 0.240. The van der Waals surface area contributed by atoms with E-state index < -0.39 is 12.0 Å². The van der Waals surface area contributed by atoms with Crippen molar-refractivity contribution in [3.63, 3.8) is 0 Å². The molecule has 0 saturated heterocycles. The molecule has 1 unspecified atom stereocenters. The number of fused-ring (bicyclic) bond motifs is 1. The number of ether oxygens (including phenoxy) is 3. The van der Waals surface area contributed by atoms with Gasteiger partial charge in [0.1, 0.15) is 11.5 Å². The number of esters is 1. The number of carbonyl (C=O) groups excluding carboxylic acids is 2. The topological polar surface area (TPSA) is 89.5 Å². The van der Waals surface area contributed by atoms with Gasteiger partial charge in [0.25, 0.3) is 0 Å². The molecule has 1 atom stereocenters. The Morgan fingerprint density at radius 3 is 2.47 bits per heavy atom. The average molecular weight is 480 g/mol. The summed E-state index contributed by atoms with van der Waals surface area (Å²) in [5, 5.41) is 5.50. The molecule has 9 heteroatoms. The molecule has 0 radical (unpaired) electrons. The monoisotopic (exact) mass is 479 g/mol. The maximum Gasteiger partial charge on any atom is 0.338 e. The largest absolute Gasteiger partial charge is 0.497 e. The molecule has 1 amide bonds. The Kier molecular flexibility index (Phi) is 6.93. The highest BCUT2D eigenvalue weighted by Crippen LogP contribution is 2.45. The van der Waals surface area contributed by atoms with Crippen molar-refractivity contribution in [2.45, 2.75) is 19.4 Å². The summed E-state index contributed by atoms with van der Waals surface area (Å²) >= 11 is 1.42. The molecule has 2 aliphatic rings. The van der Waals surface area contributed by atoms with Crippen LogP contribution in [0.15, 0.2) is 75.9 Å². The van der Waals surface area contributed by atoms with E-state index in [1.165, 1.54) is 18.9 Å². The number of thioether (sulfide) groups is 1. The first-order valence-corrected chi connectivity index (χ1v) is 11.4. The van der Waals surface area contributed by atoms with E-state index in [9.17, 15) is 9.59 Å². The average Bonchev–Trinajstić information content (AvgIpc) is 3.24. The first-order chi connectivity index (χ1) is 16.4. The number of methoxy groups -OCH3 is 3. The van der Waals surface area contributed by atoms with E-state index in [4.69, 9.17) is 14.2 Å². The van der Waals surface area contributed by atoms with Gasteiger partial charge in [-0.1, -0.05) is 23.9 Å². The van der Waals surface area contributed by atoms with Crippen molar-refractivity contribution in [1.29, 1.82) is 0 Å². The minimum absolute atomic E-state index is 0.103. The Morgan fingerprint density at radius 1 is 1.06 bits per heavy atom. The molecule has 2 aromatic carbocycles. The second-order valence-electron chi connectivity index (χ2n) is 7.61. The third kappa shape index (κ3) is 4.65. The van der Waals surface area contributed by atoms with Crippen LogP contribution in [-0.4, -0.2) is 43.3 Å². The second kappa shape index (κ2) is 10.0. The minimum atomic E-state index is -0.509. The minimum Gasteiger partial charge on any atom is -0.497 e. The number of nitrogens with zero attached hydrogens (tertiary/aromatic N) is 2. The Hall–Kier alpha value is -3.72. The highest BCUT2D eigenvalue weighted by molar-refractivity contribution is 8.16. The quantitative estimate of drug-likeness (QED) is 0.586. The lowest BCUT2D eigenvalue weighted by atomic mass is 9.93. The van der Waals surface area contributed by atoms with E-state index in [2.05, 4.69) is 10.3 Å². The van der Waals surface area contributed by atoms with Crippen molar-refractivity contribution in [2.75, 3.05) is 26.6 Å². The lowest BCUT2D eigenvalue weighted by molar-refractivity contribution is -0.136. The summed E-state index contributed by atoms with van der Waals surface area (Å²) in [6, 6.07) is 14.1. The number of hydrogen-bond donors (Lipinski definition) is 1. The number of aliphatic imine (C=N–C) groups is 1. The fourth-order valence-corrected chi connectivity index (χ4v) is 4.88. The summed E-state index contributed by atoms with van der Waals surface area (Å²) in [4.78, 5) is 32.2. The van der Waals surface area contributed by atoms with Gasteiger partial charge in [-0.3, -0.25) is 4.79 Å². The van der Waals surface area contributed by atoms with Gasteiger partial charge in [0, 0.05) is 11.4 Å². The Balaban J connectivity index is 1.64. The summed E-state index contributed by atoms with van der Waals surface area (Å²) in [5.74, 6) is 0.722. The van der Waals surface area contributed by atoms with Crippen LogP contribution >= 0.6 is 11.8 Å². The van der Waals surface area contributed by atoms with Gasteiger partial charge in [-0.2, -0.15) is 0 Å². The molecule has 0 bridgehead atoms.